The Balaban J connectivity index is 2.46. The molecule has 0 unspecified atom stereocenters. The first-order valence-electron chi connectivity index (χ1n) is 3.21. The fourth-order valence-electron chi connectivity index (χ4n) is 0.709. The van der Waals surface area contributed by atoms with Gasteiger partial charge in [-0.1, -0.05) is 49.2 Å². The molecule has 12 heavy (non-hydrogen) atoms. The van der Waals surface area contributed by atoms with Gasteiger partial charge in [0.2, 0.25) is 0 Å². The van der Waals surface area contributed by atoms with Gasteiger partial charge in [0.05, 0.1) is 0 Å². The van der Waals surface area contributed by atoms with Crippen molar-refractivity contribution in [2.24, 2.45) is 0 Å². The molecule has 0 aliphatic rings. The van der Waals surface area contributed by atoms with Crippen molar-refractivity contribution in [1.29, 1.82) is 0 Å². The van der Waals surface area contributed by atoms with Crippen molar-refractivity contribution < 1.29 is 0 Å². The predicted molar refractivity (Wildman–Crippen MR) is 67.0 cm³/mol. The average Bonchev–Trinajstić information content (AvgIpc) is 2.21. The molecule has 0 bridgehead atoms. The van der Waals surface area contributed by atoms with Gasteiger partial charge in [-0.2, -0.15) is 0 Å². The summed E-state index contributed by atoms with van der Waals surface area (Å²) in [6.07, 6.45) is 0. The van der Waals surface area contributed by atoms with Gasteiger partial charge in [-0.15, -0.1) is 0 Å². The van der Waals surface area contributed by atoms with Crippen LogP contribution in [0.4, 0.5) is 0 Å². The van der Waals surface area contributed by atoms with Crippen molar-refractivity contribution in [1.82, 2.24) is 0 Å². The minimum atomic E-state index is 1.40. The highest BCUT2D eigenvalue weighted by Gasteiger charge is 1.95. The van der Waals surface area contributed by atoms with E-state index in [-0.39, 0.29) is 0 Å². The van der Waals surface area contributed by atoms with Crippen LogP contribution in [-0.4, -0.2) is 0 Å². The lowest BCUT2D eigenvalue weighted by Gasteiger charge is -1.94. The molecule has 0 nitrogen and oxygen atoms in total. The normalized spacial score (nSPS) is 13.7. The monoisotopic (exact) mass is 262 g/mol. The van der Waals surface area contributed by atoms with E-state index < -0.39 is 0 Å². The van der Waals surface area contributed by atoms with E-state index in [1.54, 1.807) is 10.1 Å². The quantitative estimate of drug-likeness (QED) is 0.527. The fraction of sp³-hybridized carbons (Fsp3) is 0. The Morgan fingerprint density at radius 2 is 0.917 bits per heavy atom. The van der Waals surface area contributed by atoms with Crippen LogP contribution >= 0.6 is 49.2 Å². The Bertz CT molecular complexity index is 309. The highest BCUT2D eigenvalue weighted by molar-refractivity contribution is 7.67. The maximum Gasteiger partial charge on any atom is 0.0462 e. The van der Waals surface area contributed by atoms with Crippen LogP contribution in [0.3, 0.4) is 0 Å². The van der Waals surface area contributed by atoms with E-state index >= 15 is 0 Å². The Hall–Kier alpha value is 1.02. The molecule has 0 radical (unpaired) electrons. The van der Waals surface area contributed by atoms with Gasteiger partial charge in [-0.3, -0.25) is 0 Å². The van der Waals surface area contributed by atoms with Crippen LogP contribution in [0.15, 0.2) is 22.1 Å². The van der Waals surface area contributed by atoms with Crippen molar-refractivity contribution in [3.63, 3.8) is 0 Å². The summed E-state index contributed by atoms with van der Waals surface area (Å²) in [5.74, 6) is 0. The third kappa shape index (κ3) is 2.50. The molecule has 0 spiro atoms. The van der Waals surface area contributed by atoms with Crippen molar-refractivity contribution in [3.8, 4) is 10.1 Å². The highest BCUT2D eigenvalue weighted by atomic mass is 31.1. The summed E-state index contributed by atoms with van der Waals surface area (Å²) in [6.45, 7) is 0. The smallest absolute Gasteiger partial charge is 0.0462 e. The van der Waals surface area contributed by atoms with Crippen LogP contribution in [0.1, 0.15) is 0 Å². The van der Waals surface area contributed by atoms with E-state index in [2.05, 4.69) is 22.1 Å². The molecule has 58 valence electrons. The molecule has 0 aromatic carbocycles. The maximum atomic E-state index is 2.32. The van der Waals surface area contributed by atoms with Crippen LogP contribution in [-0.2, 0) is 0 Å². The molecule has 0 saturated heterocycles. The van der Waals surface area contributed by atoms with Crippen molar-refractivity contribution in [2.45, 2.75) is 0 Å². The van der Waals surface area contributed by atoms with E-state index in [1.807, 2.05) is 0 Å². The lowest BCUT2D eigenvalue weighted by molar-refractivity contribution is 2.49. The third-order valence-corrected chi connectivity index (χ3v) is 9.13. The van der Waals surface area contributed by atoms with Crippen molar-refractivity contribution >= 4 is 49.2 Å². The molecule has 0 atom stereocenters. The van der Waals surface area contributed by atoms with Gasteiger partial charge in [-0.25, -0.2) is 0 Å². The minimum absolute atomic E-state index is 1.40. The standard InChI is InChI=1S/C6H4P6/c1-7-2-10-5(9-1)6-11-3-8-4-12-6/h1-4H. The van der Waals surface area contributed by atoms with Gasteiger partial charge < -0.3 is 0 Å². The second-order valence-corrected chi connectivity index (χ2v) is 9.74. The molecular weight excluding hydrogens is 258 g/mol. The molecule has 0 amide bonds. The van der Waals surface area contributed by atoms with Gasteiger partial charge in [-0.05, 0) is 22.1 Å². The summed E-state index contributed by atoms with van der Waals surface area (Å²) in [5.41, 5.74) is 9.26. The molecule has 0 aliphatic heterocycles. The van der Waals surface area contributed by atoms with Crippen LogP contribution in [0, 0.1) is 0 Å². The molecule has 2 aromatic heterocycles. The highest BCUT2D eigenvalue weighted by Crippen LogP contribution is 2.46. The Morgan fingerprint density at radius 1 is 0.583 bits per heavy atom. The van der Waals surface area contributed by atoms with Gasteiger partial charge in [0.15, 0.2) is 0 Å². The first-order chi connectivity index (χ1) is 5.97. The van der Waals surface area contributed by atoms with Gasteiger partial charge >= 0.3 is 0 Å². The van der Waals surface area contributed by atoms with Gasteiger partial charge in [0.1, 0.15) is 0 Å². The fourth-order valence-corrected chi connectivity index (χ4v) is 9.32. The summed E-state index contributed by atoms with van der Waals surface area (Å²) in [4.78, 5) is 0. The van der Waals surface area contributed by atoms with E-state index in [1.165, 1.54) is 49.2 Å². The third-order valence-electron chi connectivity index (χ3n) is 1.19. The summed E-state index contributed by atoms with van der Waals surface area (Å²) < 4.78 is 0. The SMILES string of the molecule is c1pcpc(-c2pcpcp2)p1. The van der Waals surface area contributed by atoms with Crippen LogP contribution in [0.25, 0.3) is 10.1 Å². The summed E-state index contributed by atoms with van der Waals surface area (Å²) >= 11 is 0. The maximum absolute atomic E-state index is 2.32. The van der Waals surface area contributed by atoms with E-state index in [4.69, 9.17) is 0 Å². The lowest BCUT2D eigenvalue weighted by Crippen LogP contribution is -1.49. The van der Waals surface area contributed by atoms with Gasteiger partial charge in [0, 0.05) is 10.1 Å². The molecule has 0 N–H and O–H groups in total. The zero-order chi connectivity index (χ0) is 8.23. The summed E-state index contributed by atoms with van der Waals surface area (Å²) in [5, 5.41) is 3.19. The Kier molecular flexibility index (Phi) is 4.02. The molecular formula is C6H4P6. The van der Waals surface area contributed by atoms with E-state index in [9.17, 15) is 0 Å². The van der Waals surface area contributed by atoms with Crippen molar-refractivity contribution in [3.05, 3.63) is 22.1 Å². The summed E-state index contributed by atoms with van der Waals surface area (Å²) in [6, 6.07) is 0. The Morgan fingerprint density at radius 3 is 1.25 bits per heavy atom. The number of hydrogen-bond acceptors (Lipinski definition) is 0. The Labute approximate surface area is 81.5 Å². The molecule has 0 saturated carbocycles. The topological polar surface area (TPSA) is 0 Å². The van der Waals surface area contributed by atoms with Crippen molar-refractivity contribution in [2.75, 3.05) is 0 Å². The predicted octanol–water partition coefficient (Wildman–Crippen LogP) is 6.83. The average molecular weight is 262 g/mol. The molecule has 2 heterocycles. The second-order valence-electron chi connectivity index (χ2n) is 1.92. The zero-order valence-electron chi connectivity index (χ0n) is 5.99. The van der Waals surface area contributed by atoms with Crippen LogP contribution in [0.5, 0.6) is 0 Å². The first kappa shape index (κ1) is 9.57. The van der Waals surface area contributed by atoms with Crippen LogP contribution in [0.2, 0.25) is 0 Å². The van der Waals surface area contributed by atoms with E-state index in [0.29, 0.717) is 0 Å². The molecule has 2 aromatic rings. The van der Waals surface area contributed by atoms with Gasteiger partial charge in [0.25, 0.3) is 0 Å². The lowest BCUT2D eigenvalue weighted by atomic mass is 10.9. The largest absolute Gasteiger partial charge is 0.0664 e. The summed E-state index contributed by atoms with van der Waals surface area (Å²) in [7, 11) is 8.54. The van der Waals surface area contributed by atoms with Crippen LogP contribution < -0.4 is 0 Å². The first-order valence-corrected chi connectivity index (χ1v) is 9.13. The number of hydrogen-bond donors (Lipinski definition) is 0. The second kappa shape index (κ2) is 5.04. The van der Waals surface area contributed by atoms with E-state index in [0.717, 1.165) is 0 Å². The zero-order valence-corrected chi connectivity index (χ0v) is 11.4. The minimum Gasteiger partial charge on any atom is -0.0664 e. The molecule has 0 fully saturated rings. The molecule has 2 rings (SSSR count). The molecule has 0 aliphatic carbocycles. The number of rotatable bonds is 1. The molecule has 6 heteroatoms.